The van der Waals surface area contributed by atoms with Crippen molar-refractivity contribution in [3.8, 4) is 11.5 Å². The van der Waals surface area contributed by atoms with E-state index in [4.69, 9.17) is 9.47 Å². The fourth-order valence-electron chi connectivity index (χ4n) is 5.45. The predicted octanol–water partition coefficient (Wildman–Crippen LogP) is 3.03. The van der Waals surface area contributed by atoms with Crippen molar-refractivity contribution >= 4 is 11.9 Å². The second kappa shape index (κ2) is 8.71. The van der Waals surface area contributed by atoms with Crippen LogP contribution in [0.3, 0.4) is 0 Å². The lowest BCUT2D eigenvalue weighted by molar-refractivity contribution is -0.157. The van der Waals surface area contributed by atoms with Crippen LogP contribution in [0.2, 0.25) is 0 Å². The predicted molar refractivity (Wildman–Crippen MR) is 123 cm³/mol. The molecule has 2 aromatic carbocycles. The van der Waals surface area contributed by atoms with Crippen LogP contribution in [0.1, 0.15) is 43.4 Å². The van der Waals surface area contributed by atoms with E-state index in [1.165, 1.54) is 16.0 Å². The maximum atomic E-state index is 12.3. The lowest BCUT2D eigenvalue weighted by atomic mass is 9.69. The zero-order valence-electron chi connectivity index (χ0n) is 19.4. The summed E-state index contributed by atoms with van der Waals surface area (Å²) in [4.78, 5) is 25.1. The largest absolute Gasteiger partial charge is 0.493 e. The minimum atomic E-state index is -1.49. The number of carbonyl (C=O) groups is 2. The number of aliphatic hydroxyl groups is 1. The summed E-state index contributed by atoms with van der Waals surface area (Å²) < 4.78 is 11.9. The lowest BCUT2D eigenvalue weighted by Gasteiger charge is -2.38. The Bertz CT molecular complexity index is 1040. The van der Waals surface area contributed by atoms with Gasteiger partial charge in [0.2, 0.25) is 0 Å². The van der Waals surface area contributed by atoms with Gasteiger partial charge in [-0.1, -0.05) is 37.3 Å². The van der Waals surface area contributed by atoms with Gasteiger partial charge in [0.15, 0.2) is 11.5 Å². The van der Waals surface area contributed by atoms with E-state index in [1.54, 1.807) is 21.0 Å². The van der Waals surface area contributed by atoms with Crippen LogP contribution < -0.4 is 9.47 Å². The molecule has 1 fully saturated rings. The molecule has 2 N–H and O–H groups in total. The van der Waals surface area contributed by atoms with Gasteiger partial charge in [0.25, 0.3) is 0 Å². The summed E-state index contributed by atoms with van der Waals surface area (Å²) in [6, 6.07) is 13.5. The first-order valence-corrected chi connectivity index (χ1v) is 11.3. The molecule has 176 valence electrons. The first kappa shape index (κ1) is 23.1. The Balaban J connectivity index is 1.65. The van der Waals surface area contributed by atoms with Crippen LogP contribution in [0.25, 0.3) is 0 Å². The van der Waals surface area contributed by atoms with Crippen LogP contribution >= 0.6 is 0 Å². The number of hydrogen-bond donors (Lipinski definition) is 2. The SMILES string of the molecule is COc1ccc([C@@H]2CN(C(=O)C(=O)O)C(C)[C@@]2(C)[C@@H](C)O)cc1OC1Cc2ccccc2C1. The van der Waals surface area contributed by atoms with Gasteiger partial charge in [0, 0.05) is 36.8 Å². The fourth-order valence-corrected chi connectivity index (χ4v) is 5.45. The van der Waals surface area contributed by atoms with Gasteiger partial charge in [-0.3, -0.25) is 4.79 Å². The maximum Gasteiger partial charge on any atom is 0.394 e. The number of carbonyl (C=O) groups excluding carboxylic acids is 1. The molecule has 0 aromatic heterocycles. The minimum Gasteiger partial charge on any atom is -0.493 e. The highest BCUT2D eigenvalue weighted by Crippen LogP contribution is 2.50. The number of ether oxygens (including phenoxy) is 2. The Kier molecular flexibility index (Phi) is 6.10. The molecule has 1 aliphatic heterocycles. The second-order valence-electron chi connectivity index (χ2n) is 9.36. The number of likely N-dealkylation sites (tertiary alicyclic amines) is 1. The van der Waals surface area contributed by atoms with Crippen LogP contribution in [0.5, 0.6) is 11.5 Å². The maximum absolute atomic E-state index is 12.3. The standard InChI is InChI=1S/C26H31NO6/c1-15-26(3,16(2)28)21(14-27(15)24(29)25(30)31)19-9-10-22(32-4)23(13-19)33-20-11-17-7-5-6-8-18(17)12-20/h5-10,13,15-16,20-21,28H,11-12,14H2,1-4H3,(H,30,31)/t15?,16-,21+,26+/m1/s1. The summed E-state index contributed by atoms with van der Waals surface area (Å²) in [6.45, 7) is 5.59. The Labute approximate surface area is 193 Å². The third kappa shape index (κ3) is 3.95. The molecule has 2 aliphatic rings. The highest BCUT2D eigenvalue weighted by molar-refractivity contribution is 6.31. The van der Waals surface area contributed by atoms with Gasteiger partial charge in [0.1, 0.15) is 6.10 Å². The van der Waals surface area contributed by atoms with Crippen molar-refractivity contribution in [3.05, 3.63) is 59.2 Å². The zero-order valence-corrected chi connectivity index (χ0v) is 19.4. The van der Waals surface area contributed by atoms with Crippen molar-refractivity contribution in [2.45, 2.75) is 57.8 Å². The van der Waals surface area contributed by atoms with Crippen molar-refractivity contribution in [3.63, 3.8) is 0 Å². The first-order chi connectivity index (χ1) is 15.7. The van der Waals surface area contributed by atoms with Gasteiger partial charge in [-0.2, -0.15) is 0 Å². The number of rotatable bonds is 5. The van der Waals surface area contributed by atoms with Crippen LogP contribution in [0, 0.1) is 5.41 Å². The number of carboxylic acids is 1. The van der Waals surface area contributed by atoms with E-state index in [-0.39, 0.29) is 18.6 Å². The van der Waals surface area contributed by atoms with E-state index in [0.717, 1.165) is 18.4 Å². The van der Waals surface area contributed by atoms with Gasteiger partial charge < -0.3 is 24.6 Å². The highest BCUT2D eigenvalue weighted by Gasteiger charge is 2.54. The molecular formula is C26H31NO6. The molecule has 0 spiro atoms. The number of amides is 1. The number of methoxy groups -OCH3 is 1. The summed E-state index contributed by atoms with van der Waals surface area (Å²) in [7, 11) is 1.59. The topological polar surface area (TPSA) is 96.3 Å². The van der Waals surface area contributed by atoms with Crippen LogP contribution in [-0.4, -0.2) is 58.9 Å². The lowest BCUT2D eigenvalue weighted by Crippen LogP contribution is -2.47. The van der Waals surface area contributed by atoms with Crippen LogP contribution in [0.4, 0.5) is 0 Å². The molecule has 1 heterocycles. The molecule has 1 unspecified atom stereocenters. The third-order valence-corrected chi connectivity index (χ3v) is 7.74. The van der Waals surface area contributed by atoms with E-state index in [0.29, 0.717) is 11.5 Å². The minimum absolute atomic E-state index is 0.0118. The second-order valence-corrected chi connectivity index (χ2v) is 9.36. The van der Waals surface area contributed by atoms with E-state index < -0.39 is 29.4 Å². The molecule has 0 bridgehead atoms. The molecule has 7 nitrogen and oxygen atoms in total. The Hall–Kier alpha value is -3.06. The summed E-state index contributed by atoms with van der Waals surface area (Å²) in [6.07, 6.45) is 0.856. The number of benzene rings is 2. The van der Waals surface area contributed by atoms with Crippen LogP contribution in [-0.2, 0) is 22.4 Å². The fraction of sp³-hybridized carbons (Fsp3) is 0.462. The molecule has 1 aliphatic carbocycles. The quantitative estimate of drug-likeness (QED) is 0.676. The molecule has 33 heavy (non-hydrogen) atoms. The molecule has 0 radical (unpaired) electrons. The summed E-state index contributed by atoms with van der Waals surface area (Å²) in [5, 5.41) is 20.0. The molecule has 2 aromatic rings. The Morgan fingerprint density at radius 1 is 1.12 bits per heavy atom. The van der Waals surface area contributed by atoms with Gasteiger partial charge in [0.05, 0.1) is 13.2 Å². The molecule has 4 rings (SSSR count). The molecule has 7 heteroatoms. The van der Waals surface area contributed by atoms with Gasteiger partial charge in [-0.25, -0.2) is 4.79 Å². The van der Waals surface area contributed by atoms with Gasteiger partial charge in [-0.05, 0) is 42.7 Å². The summed E-state index contributed by atoms with van der Waals surface area (Å²) in [5.41, 5.74) is 2.70. The normalized spacial score (nSPS) is 25.5. The van der Waals surface area contributed by atoms with Crippen molar-refractivity contribution in [2.75, 3.05) is 13.7 Å². The molecule has 1 amide bonds. The summed E-state index contributed by atoms with van der Waals surface area (Å²) in [5.74, 6) is -1.50. The van der Waals surface area contributed by atoms with Gasteiger partial charge in [-0.15, -0.1) is 0 Å². The Morgan fingerprint density at radius 2 is 1.76 bits per heavy atom. The molecule has 0 saturated carbocycles. The highest BCUT2D eigenvalue weighted by atomic mass is 16.5. The monoisotopic (exact) mass is 453 g/mol. The number of fused-ring (bicyclic) bond motifs is 1. The third-order valence-electron chi connectivity index (χ3n) is 7.74. The molecular weight excluding hydrogens is 422 g/mol. The summed E-state index contributed by atoms with van der Waals surface area (Å²) >= 11 is 0. The van der Waals surface area contributed by atoms with E-state index in [9.17, 15) is 19.8 Å². The molecule has 1 saturated heterocycles. The van der Waals surface area contributed by atoms with E-state index >= 15 is 0 Å². The van der Waals surface area contributed by atoms with Crippen LogP contribution in [0.15, 0.2) is 42.5 Å². The van der Waals surface area contributed by atoms with E-state index in [1.807, 2.05) is 37.3 Å². The van der Waals surface area contributed by atoms with Gasteiger partial charge >= 0.3 is 11.9 Å². The molecule has 4 atom stereocenters. The van der Waals surface area contributed by atoms with Crippen molar-refractivity contribution < 1.29 is 29.3 Å². The van der Waals surface area contributed by atoms with Crippen molar-refractivity contribution in [2.24, 2.45) is 5.41 Å². The van der Waals surface area contributed by atoms with Crippen molar-refractivity contribution in [1.82, 2.24) is 4.90 Å². The average molecular weight is 454 g/mol. The zero-order chi connectivity index (χ0) is 23.9. The number of hydrogen-bond acceptors (Lipinski definition) is 5. The Morgan fingerprint density at radius 3 is 2.30 bits per heavy atom. The smallest absolute Gasteiger partial charge is 0.394 e. The number of aliphatic carboxylic acids is 1. The first-order valence-electron chi connectivity index (χ1n) is 11.3. The van der Waals surface area contributed by atoms with E-state index in [2.05, 4.69) is 12.1 Å². The number of aliphatic hydroxyl groups excluding tert-OH is 1. The average Bonchev–Trinajstić information content (AvgIpc) is 3.32. The number of carboxylic acid groups (broad SMARTS) is 1. The number of nitrogens with zero attached hydrogens (tertiary/aromatic N) is 1. The van der Waals surface area contributed by atoms with Crippen molar-refractivity contribution in [1.29, 1.82) is 0 Å².